The van der Waals surface area contributed by atoms with Gasteiger partial charge in [-0.15, -0.1) is 0 Å². The first-order valence-electron chi connectivity index (χ1n) is 7.81. The van der Waals surface area contributed by atoms with E-state index >= 15 is 0 Å². The number of carboxylic acid groups (broad SMARTS) is 1. The molecule has 0 spiro atoms. The minimum absolute atomic E-state index is 0.0692. The smallest absolute Gasteiger partial charge is 0.305 e. The van der Waals surface area contributed by atoms with Gasteiger partial charge in [-0.3, -0.25) is 9.59 Å². The third-order valence-corrected chi connectivity index (χ3v) is 4.10. The van der Waals surface area contributed by atoms with Crippen LogP contribution in [0.25, 0.3) is 10.8 Å². The lowest BCUT2D eigenvalue weighted by Gasteiger charge is -2.11. The summed E-state index contributed by atoms with van der Waals surface area (Å²) in [4.78, 5) is 23.3. The van der Waals surface area contributed by atoms with Crippen LogP contribution in [0.15, 0.2) is 53.3 Å². The van der Waals surface area contributed by atoms with Gasteiger partial charge in [0.15, 0.2) is 0 Å². The zero-order chi connectivity index (χ0) is 17.1. The summed E-state index contributed by atoms with van der Waals surface area (Å²) in [6.45, 7) is 2.11. The molecule has 24 heavy (non-hydrogen) atoms. The summed E-state index contributed by atoms with van der Waals surface area (Å²) in [5.74, 6) is -0.947. The van der Waals surface area contributed by atoms with E-state index in [-0.39, 0.29) is 18.5 Å². The van der Waals surface area contributed by atoms with Crippen molar-refractivity contribution >= 4 is 16.7 Å². The van der Waals surface area contributed by atoms with Crippen LogP contribution in [0.1, 0.15) is 23.2 Å². The molecule has 0 saturated carbocycles. The van der Waals surface area contributed by atoms with E-state index in [9.17, 15) is 9.59 Å². The Labute approximate surface area is 139 Å². The number of carboxylic acids is 1. The van der Waals surface area contributed by atoms with Gasteiger partial charge in [-0.05, 0) is 24.1 Å². The first-order chi connectivity index (χ1) is 11.6. The van der Waals surface area contributed by atoms with Gasteiger partial charge in [0.2, 0.25) is 0 Å². The molecule has 0 saturated heterocycles. The third kappa shape index (κ3) is 3.20. The fourth-order valence-corrected chi connectivity index (χ4v) is 2.78. The molecular formula is C19H18N2O3. The van der Waals surface area contributed by atoms with E-state index in [0.29, 0.717) is 11.8 Å². The summed E-state index contributed by atoms with van der Waals surface area (Å²) in [5, 5.41) is 14.7. The van der Waals surface area contributed by atoms with E-state index < -0.39 is 5.97 Å². The largest absolute Gasteiger partial charge is 0.481 e. The second-order valence-electron chi connectivity index (χ2n) is 5.77. The Morgan fingerprint density at radius 2 is 1.75 bits per heavy atom. The van der Waals surface area contributed by atoms with Crippen LogP contribution in [0.3, 0.4) is 0 Å². The fourth-order valence-electron chi connectivity index (χ4n) is 2.78. The second-order valence-corrected chi connectivity index (χ2v) is 5.77. The molecule has 122 valence electrons. The van der Waals surface area contributed by atoms with Crippen molar-refractivity contribution in [1.29, 1.82) is 0 Å². The van der Waals surface area contributed by atoms with Gasteiger partial charge < -0.3 is 5.11 Å². The number of benzene rings is 2. The van der Waals surface area contributed by atoms with E-state index in [0.717, 1.165) is 22.2 Å². The van der Waals surface area contributed by atoms with Crippen molar-refractivity contribution < 1.29 is 9.90 Å². The number of rotatable bonds is 5. The average Bonchev–Trinajstić information content (AvgIpc) is 2.58. The summed E-state index contributed by atoms with van der Waals surface area (Å²) in [6, 6.07) is 15.4. The Bertz CT molecular complexity index is 960. The monoisotopic (exact) mass is 322 g/mol. The molecule has 0 aliphatic carbocycles. The molecular weight excluding hydrogens is 304 g/mol. The van der Waals surface area contributed by atoms with Gasteiger partial charge in [0.25, 0.3) is 5.56 Å². The number of nitrogens with zero attached hydrogens (tertiary/aromatic N) is 2. The van der Waals surface area contributed by atoms with Crippen LogP contribution < -0.4 is 5.56 Å². The molecule has 0 unspecified atom stereocenters. The topological polar surface area (TPSA) is 72.2 Å². The van der Waals surface area contributed by atoms with Crippen LogP contribution >= 0.6 is 0 Å². The molecule has 5 nitrogen and oxygen atoms in total. The van der Waals surface area contributed by atoms with Gasteiger partial charge in [-0.1, -0.05) is 42.5 Å². The van der Waals surface area contributed by atoms with Crippen LogP contribution in [0, 0.1) is 6.92 Å². The van der Waals surface area contributed by atoms with Gasteiger partial charge in [-0.25, -0.2) is 4.68 Å². The number of aryl methyl sites for hydroxylation is 2. The van der Waals surface area contributed by atoms with Crippen molar-refractivity contribution in [2.45, 2.75) is 26.3 Å². The van der Waals surface area contributed by atoms with Gasteiger partial charge in [0.1, 0.15) is 0 Å². The summed E-state index contributed by atoms with van der Waals surface area (Å²) >= 11 is 0. The molecule has 3 aromatic rings. The number of aliphatic carboxylic acids is 1. The minimum Gasteiger partial charge on any atom is -0.481 e. The highest BCUT2D eigenvalue weighted by atomic mass is 16.4. The van der Waals surface area contributed by atoms with E-state index in [2.05, 4.69) is 5.10 Å². The molecule has 5 heteroatoms. The second kappa shape index (κ2) is 6.66. The van der Waals surface area contributed by atoms with E-state index in [1.54, 1.807) is 6.07 Å². The number of aromatic nitrogens is 2. The average molecular weight is 322 g/mol. The molecule has 0 aliphatic rings. The van der Waals surface area contributed by atoms with Crippen molar-refractivity contribution in [3.8, 4) is 0 Å². The molecule has 0 radical (unpaired) electrons. The zero-order valence-electron chi connectivity index (χ0n) is 13.4. The van der Waals surface area contributed by atoms with Gasteiger partial charge in [0, 0.05) is 11.8 Å². The molecule has 0 atom stereocenters. The minimum atomic E-state index is -0.947. The SMILES string of the molecule is Cc1ccccc1Cc1nn(CCC(=O)O)c(=O)c2ccccc12. The third-order valence-electron chi connectivity index (χ3n) is 4.10. The van der Waals surface area contributed by atoms with E-state index in [1.165, 1.54) is 4.68 Å². The number of fused-ring (bicyclic) bond motifs is 1. The van der Waals surface area contributed by atoms with Crippen molar-refractivity contribution in [1.82, 2.24) is 9.78 Å². The standard InChI is InChI=1S/C19H18N2O3/c1-13-6-2-3-7-14(13)12-17-15-8-4-5-9-16(15)19(24)21(20-17)11-10-18(22)23/h2-9H,10-12H2,1H3,(H,22,23). The summed E-state index contributed by atoms with van der Waals surface area (Å²) < 4.78 is 1.27. The van der Waals surface area contributed by atoms with Crippen LogP contribution in [-0.2, 0) is 17.8 Å². The molecule has 1 N–H and O–H groups in total. The van der Waals surface area contributed by atoms with Crippen LogP contribution in [0.5, 0.6) is 0 Å². The van der Waals surface area contributed by atoms with Crippen LogP contribution in [0.2, 0.25) is 0 Å². The maximum atomic E-state index is 12.5. The molecule has 3 rings (SSSR count). The summed E-state index contributed by atoms with van der Waals surface area (Å²) in [5.41, 5.74) is 2.83. The maximum Gasteiger partial charge on any atom is 0.305 e. The Morgan fingerprint density at radius 1 is 1.08 bits per heavy atom. The van der Waals surface area contributed by atoms with Crippen LogP contribution in [-0.4, -0.2) is 20.9 Å². The van der Waals surface area contributed by atoms with E-state index in [4.69, 9.17) is 5.11 Å². The first kappa shape index (κ1) is 15.9. The van der Waals surface area contributed by atoms with Gasteiger partial charge in [0.05, 0.1) is 24.0 Å². The zero-order valence-corrected chi connectivity index (χ0v) is 13.4. The van der Waals surface area contributed by atoms with Crippen molar-refractivity contribution in [3.63, 3.8) is 0 Å². The van der Waals surface area contributed by atoms with E-state index in [1.807, 2.05) is 49.4 Å². The highest BCUT2D eigenvalue weighted by molar-refractivity contribution is 5.83. The molecule has 0 aliphatic heterocycles. The number of carbonyl (C=O) groups is 1. The predicted molar refractivity (Wildman–Crippen MR) is 92.2 cm³/mol. The Morgan fingerprint density at radius 3 is 2.46 bits per heavy atom. The quantitative estimate of drug-likeness (QED) is 0.784. The maximum absolute atomic E-state index is 12.5. The number of hydrogen-bond donors (Lipinski definition) is 1. The van der Waals surface area contributed by atoms with Gasteiger partial charge in [-0.2, -0.15) is 5.10 Å². The molecule has 1 heterocycles. The van der Waals surface area contributed by atoms with Crippen LogP contribution in [0.4, 0.5) is 0 Å². The fraction of sp³-hybridized carbons (Fsp3) is 0.211. The van der Waals surface area contributed by atoms with Gasteiger partial charge >= 0.3 is 5.97 Å². The van der Waals surface area contributed by atoms with Crippen molar-refractivity contribution in [2.75, 3.05) is 0 Å². The lowest BCUT2D eigenvalue weighted by molar-refractivity contribution is -0.137. The summed E-state index contributed by atoms with van der Waals surface area (Å²) in [7, 11) is 0. The predicted octanol–water partition coefficient (Wildman–Crippen LogP) is 2.77. The highest BCUT2D eigenvalue weighted by Gasteiger charge is 2.12. The Balaban J connectivity index is 2.12. The Hall–Kier alpha value is -2.95. The first-order valence-corrected chi connectivity index (χ1v) is 7.81. The molecule has 2 aromatic carbocycles. The summed E-state index contributed by atoms with van der Waals surface area (Å²) in [6.07, 6.45) is 0.468. The molecule has 1 aromatic heterocycles. The lowest BCUT2D eigenvalue weighted by atomic mass is 10.0. The number of hydrogen-bond acceptors (Lipinski definition) is 3. The van der Waals surface area contributed by atoms with Crippen molar-refractivity contribution in [2.24, 2.45) is 0 Å². The molecule has 0 bridgehead atoms. The Kier molecular flexibility index (Phi) is 4.42. The molecule has 0 amide bonds. The molecule has 0 fully saturated rings. The van der Waals surface area contributed by atoms with Crippen molar-refractivity contribution in [3.05, 3.63) is 75.7 Å². The lowest BCUT2D eigenvalue weighted by Crippen LogP contribution is -2.26. The highest BCUT2D eigenvalue weighted by Crippen LogP contribution is 2.18. The normalized spacial score (nSPS) is 10.9.